The standard InChI is InChI=1S/C22H23F3N2O5/c1-27(21-26-18-4-2-3-5-19(18)32-21)10-11-30-16-8-6-15(7-9-16)12-17(13-20(28)29)31-14-22(23,24)25/h2-9,17H,10-14H2,1H3,(H,28,29)/t17-/m0/s1. The van der Waals surface area contributed by atoms with Crippen LogP contribution in [-0.4, -0.2) is 55.1 Å². The largest absolute Gasteiger partial charge is 0.492 e. The van der Waals surface area contributed by atoms with Crippen molar-refractivity contribution in [1.29, 1.82) is 0 Å². The second-order valence-electron chi connectivity index (χ2n) is 7.23. The van der Waals surface area contributed by atoms with Gasteiger partial charge in [-0.15, -0.1) is 0 Å². The minimum Gasteiger partial charge on any atom is -0.492 e. The number of para-hydroxylation sites is 2. The number of alkyl halides is 3. The van der Waals surface area contributed by atoms with Crippen LogP contribution in [0.5, 0.6) is 5.75 Å². The van der Waals surface area contributed by atoms with Crippen LogP contribution in [0, 0.1) is 0 Å². The topological polar surface area (TPSA) is 85.0 Å². The SMILES string of the molecule is CN(CCOc1ccc(C[C@@H](CC(=O)O)OCC(F)(F)F)cc1)c1nc2ccccc2o1. The summed E-state index contributed by atoms with van der Waals surface area (Å²) in [6, 6.07) is 14.6. The van der Waals surface area contributed by atoms with Crippen LogP contribution in [0.2, 0.25) is 0 Å². The number of carboxylic acids is 1. The summed E-state index contributed by atoms with van der Waals surface area (Å²) in [5.41, 5.74) is 2.12. The third-order valence-corrected chi connectivity index (χ3v) is 4.58. The first-order valence-electron chi connectivity index (χ1n) is 9.88. The smallest absolute Gasteiger partial charge is 0.411 e. The van der Waals surface area contributed by atoms with E-state index in [9.17, 15) is 18.0 Å². The lowest BCUT2D eigenvalue weighted by atomic mass is 10.1. The van der Waals surface area contributed by atoms with Crippen LogP contribution in [0.15, 0.2) is 52.9 Å². The number of likely N-dealkylation sites (N-methyl/N-ethyl adjacent to an activating group) is 1. The molecular weight excluding hydrogens is 429 g/mol. The third kappa shape index (κ3) is 7.16. The molecule has 0 spiro atoms. The van der Waals surface area contributed by atoms with Crippen molar-refractivity contribution in [3.05, 3.63) is 54.1 Å². The highest BCUT2D eigenvalue weighted by atomic mass is 19.4. The van der Waals surface area contributed by atoms with E-state index < -0.39 is 31.3 Å². The Labute approximate surface area is 182 Å². The summed E-state index contributed by atoms with van der Waals surface area (Å²) in [5.74, 6) is -0.647. The summed E-state index contributed by atoms with van der Waals surface area (Å²) in [6.07, 6.45) is -6.06. The third-order valence-electron chi connectivity index (χ3n) is 4.58. The van der Waals surface area contributed by atoms with Crippen LogP contribution in [-0.2, 0) is 16.0 Å². The Morgan fingerprint density at radius 1 is 1.19 bits per heavy atom. The summed E-state index contributed by atoms with van der Waals surface area (Å²) in [5, 5.41) is 8.90. The highest BCUT2D eigenvalue weighted by Gasteiger charge is 2.30. The molecule has 2 aromatic carbocycles. The van der Waals surface area contributed by atoms with Gasteiger partial charge in [-0.2, -0.15) is 18.2 Å². The number of fused-ring (bicyclic) bond motifs is 1. The Bertz CT molecular complexity index is 987. The van der Waals surface area contributed by atoms with Crippen molar-refractivity contribution < 1.29 is 37.0 Å². The molecule has 10 heteroatoms. The molecule has 0 bridgehead atoms. The first-order valence-corrected chi connectivity index (χ1v) is 9.88. The summed E-state index contributed by atoms with van der Waals surface area (Å²) in [7, 11) is 1.83. The molecule has 0 amide bonds. The monoisotopic (exact) mass is 452 g/mol. The van der Waals surface area contributed by atoms with E-state index in [2.05, 4.69) is 4.98 Å². The van der Waals surface area contributed by atoms with Crippen molar-refractivity contribution >= 4 is 23.1 Å². The molecule has 3 rings (SSSR count). The predicted octanol–water partition coefficient (Wildman–Crippen LogP) is 4.31. The van der Waals surface area contributed by atoms with E-state index in [1.54, 1.807) is 24.3 Å². The van der Waals surface area contributed by atoms with E-state index >= 15 is 0 Å². The first-order chi connectivity index (χ1) is 15.2. The molecule has 1 atom stereocenters. The summed E-state index contributed by atoms with van der Waals surface area (Å²) in [4.78, 5) is 17.1. The molecule has 7 nitrogen and oxygen atoms in total. The maximum absolute atomic E-state index is 12.4. The van der Waals surface area contributed by atoms with Crippen molar-refractivity contribution in [1.82, 2.24) is 4.98 Å². The van der Waals surface area contributed by atoms with Gasteiger partial charge in [0.15, 0.2) is 5.58 Å². The Morgan fingerprint density at radius 3 is 2.56 bits per heavy atom. The number of nitrogens with zero attached hydrogens (tertiary/aromatic N) is 2. The number of ether oxygens (including phenoxy) is 2. The maximum atomic E-state index is 12.4. The molecule has 1 heterocycles. The highest BCUT2D eigenvalue weighted by molar-refractivity contribution is 5.74. The number of hydrogen-bond acceptors (Lipinski definition) is 6. The molecule has 32 heavy (non-hydrogen) atoms. The molecule has 1 N–H and O–H groups in total. The first kappa shape index (κ1) is 23.4. The van der Waals surface area contributed by atoms with Gasteiger partial charge in [-0.05, 0) is 36.2 Å². The van der Waals surface area contributed by atoms with Crippen LogP contribution < -0.4 is 9.64 Å². The number of oxazole rings is 1. The second-order valence-corrected chi connectivity index (χ2v) is 7.23. The van der Waals surface area contributed by atoms with E-state index in [0.717, 1.165) is 5.52 Å². The number of carbonyl (C=O) groups is 1. The molecule has 0 radical (unpaired) electrons. The predicted molar refractivity (Wildman–Crippen MR) is 111 cm³/mol. The van der Waals surface area contributed by atoms with E-state index in [-0.39, 0.29) is 6.42 Å². The van der Waals surface area contributed by atoms with Crippen LogP contribution in [0.1, 0.15) is 12.0 Å². The van der Waals surface area contributed by atoms with Crippen LogP contribution in [0.25, 0.3) is 11.1 Å². The van der Waals surface area contributed by atoms with Gasteiger partial charge in [0.2, 0.25) is 0 Å². The summed E-state index contributed by atoms with van der Waals surface area (Å²) >= 11 is 0. The number of rotatable bonds is 11. The van der Waals surface area contributed by atoms with Crippen molar-refractivity contribution in [3.63, 3.8) is 0 Å². The highest BCUT2D eigenvalue weighted by Crippen LogP contribution is 2.21. The zero-order valence-electron chi connectivity index (χ0n) is 17.3. The number of benzene rings is 2. The molecule has 0 unspecified atom stereocenters. The fraction of sp³-hybridized carbons (Fsp3) is 0.364. The quantitative estimate of drug-likeness (QED) is 0.464. The second kappa shape index (κ2) is 10.4. The van der Waals surface area contributed by atoms with Gasteiger partial charge >= 0.3 is 12.1 Å². The molecule has 0 aliphatic rings. The van der Waals surface area contributed by atoms with Gasteiger partial charge in [0.25, 0.3) is 6.01 Å². The Balaban J connectivity index is 1.49. The van der Waals surface area contributed by atoms with Crippen molar-refractivity contribution in [2.24, 2.45) is 0 Å². The minimum atomic E-state index is -4.51. The lowest BCUT2D eigenvalue weighted by Crippen LogP contribution is -2.27. The van der Waals surface area contributed by atoms with Gasteiger partial charge in [0, 0.05) is 7.05 Å². The van der Waals surface area contributed by atoms with Gasteiger partial charge in [0.1, 0.15) is 24.5 Å². The Hall–Kier alpha value is -3.27. The average Bonchev–Trinajstić information content (AvgIpc) is 3.17. The lowest BCUT2D eigenvalue weighted by molar-refractivity contribution is -0.187. The van der Waals surface area contributed by atoms with Crippen LogP contribution >= 0.6 is 0 Å². The number of aliphatic carboxylic acids is 1. The van der Waals surface area contributed by atoms with Gasteiger partial charge in [-0.3, -0.25) is 4.79 Å². The minimum absolute atomic E-state index is 0.0448. The number of aromatic nitrogens is 1. The van der Waals surface area contributed by atoms with Crippen molar-refractivity contribution in [3.8, 4) is 5.75 Å². The normalized spacial score (nSPS) is 12.6. The lowest BCUT2D eigenvalue weighted by Gasteiger charge is -2.18. The van der Waals surface area contributed by atoms with Crippen molar-refractivity contribution in [2.75, 3.05) is 31.7 Å². The number of anilines is 1. The van der Waals surface area contributed by atoms with Gasteiger partial charge in [-0.1, -0.05) is 24.3 Å². The zero-order chi connectivity index (χ0) is 23.1. The number of carboxylic acid groups (broad SMARTS) is 1. The van der Waals surface area contributed by atoms with E-state index in [0.29, 0.717) is 36.1 Å². The number of halogens is 3. The van der Waals surface area contributed by atoms with Crippen LogP contribution in [0.3, 0.4) is 0 Å². The fourth-order valence-corrected chi connectivity index (χ4v) is 3.00. The van der Waals surface area contributed by atoms with Gasteiger partial charge in [0.05, 0.1) is 19.1 Å². The Morgan fingerprint density at radius 2 is 1.91 bits per heavy atom. The molecule has 0 aliphatic carbocycles. The number of hydrogen-bond donors (Lipinski definition) is 1. The van der Waals surface area contributed by atoms with Crippen molar-refractivity contribution in [2.45, 2.75) is 25.1 Å². The van der Waals surface area contributed by atoms with E-state index in [4.69, 9.17) is 19.0 Å². The van der Waals surface area contributed by atoms with Crippen LogP contribution in [0.4, 0.5) is 19.2 Å². The average molecular weight is 452 g/mol. The summed E-state index contributed by atoms with van der Waals surface area (Å²) < 4.78 is 53.3. The van der Waals surface area contributed by atoms with E-state index in [1.807, 2.05) is 36.2 Å². The molecule has 1 aromatic heterocycles. The molecule has 172 valence electrons. The van der Waals surface area contributed by atoms with Gasteiger partial charge in [-0.25, -0.2) is 0 Å². The van der Waals surface area contributed by atoms with E-state index in [1.165, 1.54) is 0 Å². The van der Waals surface area contributed by atoms with Gasteiger partial charge < -0.3 is 23.9 Å². The molecule has 0 saturated carbocycles. The zero-order valence-corrected chi connectivity index (χ0v) is 17.3. The molecule has 0 saturated heterocycles. The molecular formula is C22H23F3N2O5. The summed E-state index contributed by atoms with van der Waals surface area (Å²) in [6.45, 7) is -0.620. The molecule has 3 aromatic rings. The fourth-order valence-electron chi connectivity index (χ4n) is 3.00. The molecule has 0 fully saturated rings. The maximum Gasteiger partial charge on any atom is 0.411 e. The molecule has 0 aliphatic heterocycles. The Kier molecular flexibility index (Phi) is 7.57.